The van der Waals surface area contributed by atoms with Gasteiger partial charge in [-0.3, -0.25) is 4.79 Å². The minimum Gasteiger partial charge on any atom is -0.494 e. The van der Waals surface area contributed by atoms with E-state index in [1.807, 2.05) is 0 Å². The standard InChI is InChI=1S/C8H6F3NO2/c1-14-7-4(3-13)5(9)2-12-6(7)8(10)11/h2-3,8H,1H3. The number of ether oxygens (including phenoxy) is 1. The van der Waals surface area contributed by atoms with Gasteiger partial charge in [0, 0.05) is 0 Å². The van der Waals surface area contributed by atoms with Gasteiger partial charge in [-0.1, -0.05) is 0 Å². The average molecular weight is 205 g/mol. The maximum absolute atomic E-state index is 12.9. The molecule has 0 unspecified atom stereocenters. The van der Waals surface area contributed by atoms with Crippen LogP contribution in [0.5, 0.6) is 5.75 Å². The second kappa shape index (κ2) is 4.08. The molecule has 0 fully saturated rings. The van der Waals surface area contributed by atoms with Crippen molar-refractivity contribution in [1.29, 1.82) is 0 Å². The molecule has 0 atom stereocenters. The molecule has 0 aromatic carbocycles. The lowest BCUT2D eigenvalue weighted by atomic mass is 10.2. The van der Waals surface area contributed by atoms with Crippen molar-refractivity contribution in [1.82, 2.24) is 4.98 Å². The maximum Gasteiger partial charge on any atom is 0.284 e. The van der Waals surface area contributed by atoms with E-state index in [1.165, 1.54) is 0 Å². The van der Waals surface area contributed by atoms with E-state index >= 15 is 0 Å². The molecule has 0 bridgehead atoms. The van der Waals surface area contributed by atoms with Gasteiger partial charge in [-0.15, -0.1) is 0 Å². The summed E-state index contributed by atoms with van der Waals surface area (Å²) in [6.07, 6.45) is -2.24. The molecule has 0 radical (unpaired) electrons. The summed E-state index contributed by atoms with van der Waals surface area (Å²) in [5.41, 5.74) is -1.28. The summed E-state index contributed by atoms with van der Waals surface area (Å²) in [4.78, 5) is 13.5. The zero-order chi connectivity index (χ0) is 10.7. The molecule has 76 valence electrons. The third-order valence-corrected chi connectivity index (χ3v) is 1.58. The number of hydrogen-bond donors (Lipinski definition) is 0. The number of carbonyl (C=O) groups is 1. The van der Waals surface area contributed by atoms with Crippen LogP contribution < -0.4 is 4.74 Å². The summed E-state index contributed by atoms with van der Waals surface area (Å²) in [7, 11) is 1.06. The Bertz CT molecular complexity index is 355. The first-order valence-corrected chi connectivity index (χ1v) is 3.57. The summed E-state index contributed by atoms with van der Waals surface area (Å²) < 4.78 is 41.9. The highest BCUT2D eigenvalue weighted by Crippen LogP contribution is 2.30. The number of alkyl halides is 2. The molecule has 1 aromatic rings. The maximum atomic E-state index is 12.9. The van der Waals surface area contributed by atoms with Crippen molar-refractivity contribution in [2.24, 2.45) is 0 Å². The van der Waals surface area contributed by atoms with Gasteiger partial charge in [0.15, 0.2) is 17.9 Å². The lowest BCUT2D eigenvalue weighted by Gasteiger charge is -2.08. The molecular formula is C8H6F3NO2. The Morgan fingerprint density at radius 1 is 1.57 bits per heavy atom. The SMILES string of the molecule is COc1c(C(F)F)ncc(F)c1C=O. The second-order valence-corrected chi connectivity index (χ2v) is 2.36. The fourth-order valence-corrected chi connectivity index (χ4v) is 0.981. The van der Waals surface area contributed by atoms with Crippen LogP contribution in [0.25, 0.3) is 0 Å². The van der Waals surface area contributed by atoms with Crippen LogP contribution in [0.3, 0.4) is 0 Å². The van der Waals surface area contributed by atoms with Gasteiger partial charge in [0.1, 0.15) is 5.69 Å². The van der Waals surface area contributed by atoms with Gasteiger partial charge in [0.05, 0.1) is 18.9 Å². The highest BCUT2D eigenvalue weighted by Gasteiger charge is 2.21. The monoisotopic (exact) mass is 205 g/mol. The van der Waals surface area contributed by atoms with Gasteiger partial charge in [0.2, 0.25) is 0 Å². The van der Waals surface area contributed by atoms with Crippen LogP contribution in [-0.4, -0.2) is 18.4 Å². The van der Waals surface area contributed by atoms with Gasteiger partial charge >= 0.3 is 0 Å². The molecule has 0 aliphatic carbocycles. The molecule has 1 aromatic heterocycles. The van der Waals surface area contributed by atoms with Crippen molar-refractivity contribution in [2.75, 3.05) is 7.11 Å². The number of carbonyl (C=O) groups excluding carboxylic acids is 1. The molecule has 6 heteroatoms. The fourth-order valence-electron chi connectivity index (χ4n) is 0.981. The Morgan fingerprint density at radius 3 is 2.64 bits per heavy atom. The highest BCUT2D eigenvalue weighted by molar-refractivity contribution is 5.80. The van der Waals surface area contributed by atoms with Crippen LogP contribution in [-0.2, 0) is 0 Å². The quantitative estimate of drug-likeness (QED) is 0.708. The summed E-state index contributed by atoms with van der Waals surface area (Å²) in [6.45, 7) is 0. The molecule has 0 saturated carbocycles. The number of aldehydes is 1. The first-order chi connectivity index (χ1) is 6.61. The molecule has 0 N–H and O–H groups in total. The van der Waals surface area contributed by atoms with E-state index in [9.17, 15) is 18.0 Å². The van der Waals surface area contributed by atoms with E-state index in [0.29, 0.717) is 6.20 Å². The number of aromatic nitrogens is 1. The predicted molar refractivity (Wildman–Crippen MR) is 41.1 cm³/mol. The largest absolute Gasteiger partial charge is 0.494 e. The van der Waals surface area contributed by atoms with Crippen LogP contribution in [0, 0.1) is 5.82 Å². The van der Waals surface area contributed by atoms with E-state index in [0.717, 1.165) is 7.11 Å². The van der Waals surface area contributed by atoms with E-state index in [1.54, 1.807) is 0 Å². The molecule has 1 heterocycles. The number of pyridine rings is 1. The second-order valence-electron chi connectivity index (χ2n) is 2.36. The molecule has 0 aliphatic heterocycles. The molecule has 0 saturated heterocycles. The van der Waals surface area contributed by atoms with Crippen LogP contribution in [0.2, 0.25) is 0 Å². The molecule has 3 nitrogen and oxygen atoms in total. The van der Waals surface area contributed by atoms with Crippen molar-refractivity contribution in [3.05, 3.63) is 23.3 Å². The Labute approximate surface area is 77.5 Å². The van der Waals surface area contributed by atoms with Crippen molar-refractivity contribution in [3.63, 3.8) is 0 Å². The molecule has 14 heavy (non-hydrogen) atoms. The lowest BCUT2D eigenvalue weighted by molar-refractivity contribution is 0.111. The minimum absolute atomic E-state index is 0.113. The van der Waals surface area contributed by atoms with E-state index in [4.69, 9.17) is 0 Å². The van der Waals surface area contributed by atoms with Gasteiger partial charge in [-0.25, -0.2) is 18.2 Å². The minimum atomic E-state index is -2.91. The Kier molecular flexibility index (Phi) is 3.06. The number of rotatable bonds is 3. The van der Waals surface area contributed by atoms with Crippen LogP contribution in [0.4, 0.5) is 13.2 Å². The van der Waals surface area contributed by atoms with Crippen LogP contribution in [0.15, 0.2) is 6.20 Å². The Balaban J connectivity index is 3.40. The number of hydrogen-bond acceptors (Lipinski definition) is 3. The van der Waals surface area contributed by atoms with Crippen LogP contribution >= 0.6 is 0 Å². The normalized spacial score (nSPS) is 10.4. The van der Waals surface area contributed by atoms with Crippen LogP contribution in [0.1, 0.15) is 22.5 Å². The first-order valence-electron chi connectivity index (χ1n) is 3.57. The molecule has 0 aliphatic rings. The summed E-state index contributed by atoms with van der Waals surface area (Å²) >= 11 is 0. The zero-order valence-electron chi connectivity index (χ0n) is 7.13. The van der Waals surface area contributed by atoms with Gasteiger partial charge < -0.3 is 4.74 Å². The predicted octanol–water partition coefficient (Wildman–Crippen LogP) is 1.98. The summed E-state index contributed by atoms with van der Waals surface area (Å²) in [5.74, 6) is -1.50. The highest BCUT2D eigenvalue weighted by atomic mass is 19.3. The molecule has 0 amide bonds. The Morgan fingerprint density at radius 2 is 2.21 bits per heavy atom. The van der Waals surface area contributed by atoms with Crippen molar-refractivity contribution < 1.29 is 22.7 Å². The van der Waals surface area contributed by atoms with Gasteiger partial charge in [0.25, 0.3) is 6.43 Å². The van der Waals surface area contributed by atoms with E-state index in [2.05, 4.69) is 9.72 Å². The van der Waals surface area contributed by atoms with Crippen molar-refractivity contribution in [2.45, 2.75) is 6.43 Å². The van der Waals surface area contributed by atoms with E-state index < -0.39 is 29.2 Å². The van der Waals surface area contributed by atoms with Gasteiger partial charge in [-0.05, 0) is 0 Å². The fraction of sp³-hybridized carbons (Fsp3) is 0.250. The van der Waals surface area contributed by atoms with Crippen molar-refractivity contribution >= 4 is 6.29 Å². The smallest absolute Gasteiger partial charge is 0.284 e. The Hall–Kier alpha value is -1.59. The lowest BCUT2D eigenvalue weighted by Crippen LogP contribution is -2.03. The summed E-state index contributed by atoms with van der Waals surface area (Å²) in [6, 6.07) is 0. The summed E-state index contributed by atoms with van der Waals surface area (Å²) in [5, 5.41) is 0. The molecular weight excluding hydrogens is 199 g/mol. The molecule has 1 rings (SSSR count). The topological polar surface area (TPSA) is 39.2 Å². The molecule has 0 spiro atoms. The number of nitrogens with zero attached hydrogens (tertiary/aromatic N) is 1. The zero-order valence-corrected chi connectivity index (χ0v) is 7.13. The first kappa shape index (κ1) is 10.5. The third-order valence-electron chi connectivity index (χ3n) is 1.58. The average Bonchev–Trinajstić information content (AvgIpc) is 2.16. The third kappa shape index (κ3) is 1.68. The van der Waals surface area contributed by atoms with E-state index in [-0.39, 0.29) is 6.29 Å². The number of methoxy groups -OCH3 is 1. The van der Waals surface area contributed by atoms with Crippen molar-refractivity contribution in [3.8, 4) is 5.75 Å². The van der Waals surface area contributed by atoms with Gasteiger partial charge in [-0.2, -0.15) is 0 Å². The number of halogens is 3.